The first-order chi connectivity index (χ1) is 13.0. The minimum absolute atomic E-state index is 0.0978. The fourth-order valence-corrected chi connectivity index (χ4v) is 3.11. The Bertz CT molecular complexity index is 848. The number of ether oxygens (including phenoxy) is 1. The van der Waals surface area contributed by atoms with E-state index >= 15 is 0 Å². The van der Waals surface area contributed by atoms with Crippen molar-refractivity contribution in [3.63, 3.8) is 0 Å². The molecule has 0 aliphatic carbocycles. The van der Waals surface area contributed by atoms with Gasteiger partial charge in [0, 0.05) is 43.9 Å². The number of nitrogens with one attached hydrogen (secondary N) is 2. The van der Waals surface area contributed by atoms with Crippen LogP contribution in [0.5, 0.6) is 0 Å². The number of hydrogen-bond acceptors (Lipinski definition) is 6. The molecule has 0 saturated heterocycles. The van der Waals surface area contributed by atoms with Gasteiger partial charge in [0.25, 0.3) is 11.8 Å². The maximum Gasteiger partial charge on any atom is 0.270 e. The Morgan fingerprint density at radius 1 is 1.26 bits per heavy atom. The molecule has 0 spiro atoms. The molecule has 2 N–H and O–H groups in total. The van der Waals surface area contributed by atoms with Gasteiger partial charge in [0.1, 0.15) is 23.5 Å². The molecule has 1 aliphatic rings. The van der Waals surface area contributed by atoms with Crippen molar-refractivity contribution in [2.45, 2.75) is 39.3 Å². The number of nitrogens with zero attached hydrogens (tertiary/aromatic N) is 4. The van der Waals surface area contributed by atoms with Crippen LogP contribution in [0.25, 0.3) is 0 Å². The third-order valence-electron chi connectivity index (χ3n) is 4.77. The molecule has 0 aromatic carbocycles. The molecule has 9 nitrogen and oxygen atoms in total. The average molecular weight is 372 g/mol. The van der Waals surface area contributed by atoms with Crippen LogP contribution in [0.2, 0.25) is 0 Å². The summed E-state index contributed by atoms with van der Waals surface area (Å²) < 4.78 is 6.82. The van der Waals surface area contributed by atoms with Gasteiger partial charge in [-0.05, 0) is 20.3 Å². The smallest absolute Gasteiger partial charge is 0.270 e. The fourth-order valence-electron chi connectivity index (χ4n) is 3.11. The van der Waals surface area contributed by atoms with Gasteiger partial charge < -0.3 is 19.9 Å². The second kappa shape index (κ2) is 8.26. The summed E-state index contributed by atoms with van der Waals surface area (Å²) in [5.41, 5.74) is 2.43. The molecule has 1 atom stereocenters. The normalized spacial score (nSPS) is 15.9. The van der Waals surface area contributed by atoms with Gasteiger partial charge in [-0.15, -0.1) is 0 Å². The number of imidazole rings is 1. The first-order valence-electron chi connectivity index (χ1n) is 8.91. The zero-order valence-corrected chi connectivity index (χ0v) is 15.8. The molecule has 27 heavy (non-hydrogen) atoms. The van der Waals surface area contributed by atoms with Gasteiger partial charge >= 0.3 is 0 Å². The summed E-state index contributed by atoms with van der Waals surface area (Å²) >= 11 is 0. The number of aromatic nitrogens is 4. The van der Waals surface area contributed by atoms with Crippen molar-refractivity contribution >= 4 is 11.8 Å². The zero-order valence-electron chi connectivity index (χ0n) is 15.8. The highest BCUT2D eigenvalue weighted by Crippen LogP contribution is 2.18. The second-order valence-electron chi connectivity index (χ2n) is 6.56. The van der Waals surface area contributed by atoms with E-state index in [2.05, 4.69) is 25.6 Å². The molecule has 9 heteroatoms. The molecule has 1 aliphatic heterocycles. The quantitative estimate of drug-likeness (QED) is 0.711. The third-order valence-corrected chi connectivity index (χ3v) is 4.77. The molecular weight excluding hydrogens is 348 g/mol. The van der Waals surface area contributed by atoms with Gasteiger partial charge in [-0.2, -0.15) is 0 Å². The number of carbonyl (C=O) groups excluding carboxylic acids is 2. The Hall–Kier alpha value is -2.81. The molecule has 2 aromatic heterocycles. The molecule has 0 saturated carbocycles. The Morgan fingerprint density at radius 3 is 2.85 bits per heavy atom. The lowest BCUT2D eigenvalue weighted by molar-refractivity contribution is 0.0917. The predicted octanol–water partition coefficient (Wildman–Crippen LogP) is 0.411. The van der Waals surface area contributed by atoms with Gasteiger partial charge in [-0.3, -0.25) is 9.59 Å². The molecule has 1 unspecified atom stereocenters. The van der Waals surface area contributed by atoms with Crippen LogP contribution in [0, 0.1) is 13.8 Å². The summed E-state index contributed by atoms with van der Waals surface area (Å²) in [7, 11) is 1.58. The van der Waals surface area contributed by atoms with Gasteiger partial charge in [0.15, 0.2) is 0 Å². The minimum atomic E-state index is -0.224. The van der Waals surface area contributed by atoms with Crippen molar-refractivity contribution in [1.29, 1.82) is 0 Å². The summed E-state index contributed by atoms with van der Waals surface area (Å²) in [6, 6.07) is -0.0978. The molecule has 0 fully saturated rings. The molecule has 0 bridgehead atoms. The minimum Gasteiger partial charge on any atom is -0.383 e. The molecule has 2 amide bonds. The van der Waals surface area contributed by atoms with E-state index in [1.807, 2.05) is 18.4 Å². The van der Waals surface area contributed by atoms with Crippen LogP contribution in [-0.2, 0) is 17.7 Å². The molecule has 2 aromatic rings. The first kappa shape index (κ1) is 19.0. The SMILES string of the molecule is COCCNC(=O)c1cnc2n1CC(NC(=O)c1ncnc(C)c1C)CC2. The Labute approximate surface area is 157 Å². The zero-order chi connectivity index (χ0) is 19.4. The van der Waals surface area contributed by atoms with E-state index in [9.17, 15) is 9.59 Å². The second-order valence-corrected chi connectivity index (χ2v) is 6.56. The van der Waals surface area contributed by atoms with Crippen molar-refractivity contribution < 1.29 is 14.3 Å². The Kier molecular flexibility index (Phi) is 5.80. The van der Waals surface area contributed by atoms with E-state index in [1.165, 1.54) is 6.33 Å². The number of aryl methyl sites for hydroxylation is 2. The average Bonchev–Trinajstić information content (AvgIpc) is 3.07. The maximum absolute atomic E-state index is 12.6. The number of rotatable bonds is 6. The number of methoxy groups -OCH3 is 1. The predicted molar refractivity (Wildman–Crippen MR) is 97.5 cm³/mol. The van der Waals surface area contributed by atoms with Crippen LogP contribution in [0.15, 0.2) is 12.5 Å². The Morgan fingerprint density at radius 2 is 2.07 bits per heavy atom. The fraction of sp³-hybridized carbons (Fsp3) is 0.500. The van der Waals surface area contributed by atoms with E-state index in [-0.39, 0.29) is 17.9 Å². The number of hydrogen-bond donors (Lipinski definition) is 2. The van der Waals surface area contributed by atoms with Gasteiger partial charge in [-0.1, -0.05) is 0 Å². The summed E-state index contributed by atoms with van der Waals surface area (Å²) in [5, 5.41) is 5.83. The van der Waals surface area contributed by atoms with E-state index in [4.69, 9.17) is 4.74 Å². The van der Waals surface area contributed by atoms with Gasteiger partial charge in [-0.25, -0.2) is 15.0 Å². The largest absolute Gasteiger partial charge is 0.383 e. The van der Waals surface area contributed by atoms with Crippen LogP contribution < -0.4 is 10.6 Å². The van der Waals surface area contributed by atoms with Crippen LogP contribution in [-0.4, -0.2) is 57.6 Å². The molecular formula is C18H24N6O3. The van der Waals surface area contributed by atoms with E-state index < -0.39 is 0 Å². The topological polar surface area (TPSA) is 111 Å². The number of carbonyl (C=O) groups is 2. The van der Waals surface area contributed by atoms with E-state index in [0.717, 1.165) is 23.5 Å². The summed E-state index contributed by atoms with van der Waals surface area (Å²) in [6.07, 6.45) is 4.43. The lowest BCUT2D eigenvalue weighted by atomic mass is 10.1. The molecule has 0 radical (unpaired) electrons. The molecule has 144 valence electrons. The van der Waals surface area contributed by atoms with Crippen molar-refractivity contribution in [2.24, 2.45) is 0 Å². The molecule has 3 rings (SSSR count). The standard InChI is InChI=1S/C18H24N6O3/c1-11-12(2)21-10-22-16(11)18(26)23-13-4-5-15-20-8-14(24(15)9-13)17(25)19-6-7-27-3/h8,10,13H,4-7,9H2,1-3H3,(H,19,25)(H,23,26). The summed E-state index contributed by atoms with van der Waals surface area (Å²) in [4.78, 5) is 37.5. The highest BCUT2D eigenvalue weighted by atomic mass is 16.5. The summed E-state index contributed by atoms with van der Waals surface area (Å²) in [5.74, 6) is 0.434. The lowest BCUT2D eigenvalue weighted by Gasteiger charge is -2.26. The van der Waals surface area contributed by atoms with Crippen LogP contribution in [0.1, 0.15) is 44.5 Å². The molecule has 3 heterocycles. The highest BCUT2D eigenvalue weighted by Gasteiger charge is 2.26. The third kappa shape index (κ3) is 4.13. The first-order valence-corrected chi connectivity index (χ1v) is 8.91. The Balaban J connectivity index is 1.69. The summed E-state index contributed by atoms with van der Waals surface area (Å²) in [6.45, 7) is 5.06. The number of amides is 2. The van der Waals surface area contributed by atoms with Crippen molar-refractivity contribution in [3.05, 3.63) is 41.0 Å². The van der Waals surface area contributed by atoms with E-state index in [1.54, 1.807) is 13.3 Å². The van der Waals surface area contributed by atoms with Crippen molar-refractivity contribution in [1.82, 2.24) is 30.2 Å². The highest BCUT2D eigenvalue weighted by molar-refractivity contribution is 5.94. The van der Waals surface area contributed by atoms with Crippen molar-refractivity contribution in [2.75, 3.05) is 20.3 Å². The van der Waals surface area contributed by atoms with Gasteiger partial charge in [0.05, 0.1) is 12.8 Å². The maximum atomic E-state index is 12.6. The van der Waals surface area contributed by atoms with Crippen LogP contribution >= 0.6 is 0 Å². The monoisotopic (exact) mass is 372 g/mol. The lowest BCUT2D eigenvalue weighted by Crippen LogP contribution is -2.42. The van der Waals surface area contributed by atoms with Gasteiger partial charge in [0.2, 0.25) is 0 Å². The van der Waals surface area contributed by atoms with E-state index in [0.29, 0.717) is 37.5 Å². The van der Waals surface area contributed by atoms with Crippen LogP contribution in [0.3, 0.4) is 0 Å². The number of fused-ring (bicyclic) bond motifs is 1. The van der Waals surface area contributed by atoms with Crippen molar-refractivity contribution in [3.8, 4) is 0 Å². The van der Waals surface area contributed by atoms with Crippen LogP contribution in [0.4, 0.5) is 0 Å².